The van der Waals surface area contributed by atoms with Crippen molar-refractivity contribution in [1.29, 1.82) is 0 Å². The summed E-state index contributed by atoms with van der Waals surface area (Å²) in [5.74, 6) is 4.28. The maximum atomic E-state index is 3.78. The van der Waals surface area contributed by atoms with Crippen molar-refractivity contribution in [3.05, 3.63) is 35.4 Å². The number of thioether (sulfide) groups is 1. The summed E-state index contributed by atoms with van der Waals surface area (Å²) in [7, 11) is 0. The smallest absolute Gasteiger partial charge is 0.0415 e. The van der Waals surface area contributed by atoms with E-state index in [1.807, 2.05) is 0 Å². The fourth-order valence-electron chi connectivity index (χ4n) is 2.71. The molecule has 1 aliphatic carbocycles. The van der Waals surface area contributed by atoms with Crippen LogP contribution < -0.4 is 5.32 Å². The molecule has 2 atom stereocenters. The quantitative estimate of drug-likeness (QED) is 0.872. The Morgan fingerprint density at radius 2 is 2.18 bits per heavy atom. The molecule has 1 aromatic rings. The van der Waals surface area contributed by atoms with Gasteiger partial charge in [0.1, 0.15) is 0 Å². The van der Waals surface area contributed by atoms with Gasteiger partial charge in [-0.15, -0.1) is 0 Å². The summed E-state index contributed by atoms with van der Waals surface area (Å²) >= 11 is 2.06. The molecule has 0 bridgehead atoms. The van der Waals surface area contributed by atoms with Crippen molar-refractivity contribution in [2.75, 3.05) is 12.3 Å². The van der Waals surface area contributed by atoms with Crippen LogP contribution in [0.5, 0.6) is 0 Å². The van der Waals surface area contributed by atoms with Crippen LogP contribution in [0.15, 0.2) is 24.3 Å². The Morgan fingerprint density at radius 3 is 3.00 bits per heavy atom. The molecule has 1 N–H and O–H groups in total. The van der Waals surface area contributed by atoms with Gasteiger partial charge in [0, 0.05) is 17.5 Å². The Kier molecular flexibility index (Phi) is 3.44. The molecule has 1 aliphatic heterocycles. The molecule has 1 aromatic carbocycles. The largest absolute Gasteiger partial charge is 0.309 e. The van der Waals surface area contributed by atoms with E-state index in [1.165, 1.54) is 42.0 Å². The molecule has 17 heavy (non-hydrogen) atoms. The van der Waals surface area contributed by atoms with Crippen LogP contribution in [-0.4, -0.2) is 12.3 Å². The van der Waals surface area contributed by atoms with Gasteiger partial charge in [0.05, 0.1) is 0 Å². The third-order valence-electron chi connectivity index (χ3n) is 4.09. The van der Waals surface area contributed by atoms with E-state index in [2.05, 4.69) is 48.3 Å². The average Bonchev–Trinajstić information content (AvgIpc) is 3.20. The highest BCUT2D eigenvalue weighted by Gasteiger charge is 2.28. The van der Waals surface area contributed by atoms with Gasteiger partial charge in [-0.05, 0) is 42.3 Å². The number of fused-ring (bicyclic) bond motifs is 1. The van der Waals surface area contributed by atoms with Gasteiger partial charge in [-0.1, -0.05) is 31.2 Å². The topological polar surface area (TPSA) is 12.0 Å². The molecule has 2 heteroatoms. The van der Waals surface area contributed by atoms with Gasteiger partial charge in [0.25, 0.3) is 0 Å². The SMILES string of the molecule is CC(CNC1CSCc2ccccc21)C1CC1. The monoisotopic (exact) mass is 247 g/mol. The second kappa shape index (κ2) is 5.03. The summed E-state index contributed by atoms with van der Waals surface area (Å²) in [6.45, 7) is 3.58. The molecule has 3 rings (SSSR count). The molecular weight excluding hydrogens is 226 g/mol. The second-order valence-corrected chi connectivity index (χ2v) is 6.52. The molecule has 1 heterocycles. The van der Waals surface area contributed by atoms with E-state index in [0.29, 0.717) is 6.04 Å². The third kappa shape index (κ3) is 2.69. The maximum Gasteiger partial charge on any atom is 0.0415 e. The van der Waals surface area contributed by atoms with Crippen LogP contribution >= 0.6 is 11.8 Å². The number of benzene rings is 1. The van der Waals surface area contributed by atoms with Crippen LogP contribution in [0.1, 0.15) is 36.9 Å². The normalized spacial score (nSPS) is 25.4. The van der Waals surface area contributed by atoms with E-state index in [9.17, 15) is 0 Å². The van der Waals surface area contributed by atoms with Crippen LogP contribution in [0.2, 0.25) is 0 Å². The van der Waals surface area contributed by atoms with Crippen LogP contribution in [0.3, 0.4) is 0 Å². The minimum atomic E-state index is 0.575. The Balaban J connectivity index is 1.63. The Morgan fingerprint density at radius 1 is 1.35 bits per heavy atom. The highest BCUT2D eigenvalue weighted by atomic mass is 32.2. The van der Waals surface area contributed by atoms with E-state index in [4.69, 9.17) is 0 Å². The molecule has 2 aliphatic rings. The lowest BCUT2D eigenvalue weighted by Gasteiger charge is -2.27. The van der Waals surface area contributed by atoms with Gasteiger partial charge in [0.15, 0.2) is 0 Å². The Labute approximate surface area is 108 Å². The summed E-state index contributed by atoms with van der Waals surface area (Å²) in [5.41, 5.74) is 3.06. The van der Waals surface area contributed by atoms with Crippen molar-refractivity contribution in [3.8, 4) is 0 Å². The maximum absolute atomic E-state index is 3.78. The molecule has 0 saturated heterocycles. The number of rotatable bonds is 4. The lowest BCUT2D eigenvalue weighted by Crippen LogP contribution is -2.30. The molecule has 0 amide bonds. The third-order valence-corrected chi connectivity index (χ3v) is 5.17. The van der Waals surface area contributed by atoms with Gasteiger partial charge in [-0.25, -0.2) is 0 Å². The van der Waals surface area contributed by atoms with Crippen LogP contribution in [0.25, 0.3) is 0 Å². The minimum Gasteiger partial charge on any atom is -0.309 e. The fraction of sp³-hybridized carbons (Fsp3) is 0.600. The minimum absolute atomic E-state index is 0.575. The summed E-state index contributed by atoms with van der Waals surface area (Å²) in [4.78, 5) is 0. The molecular formula is C15H21NS. The van der Waals surface area contributed by atoms with Crippen LogP contribution in [0, 0.1) is 11.8 Å². The lowest BCUT2D eigenvalue weighted by atomic mass is 10.0. The van der Waals surface area contributed by atoms with Crippen molar-refractivity contribution in [3.63, 3.8) is 0 Å². The summed E-state index contributed by atoms with van der Waals surface area (Å²) < 4.78 is 0. The summed E-state index contributed by atoms with van der Waals surface area (Å²) in [6.07, 6.45) is 2.91. The molecule has 0 aromatic heterocycles. The fourth-order valence-corrected chi connectivity index (χ4v) is 3.84. The predicted octanol–water partition coefficient (Wildman–Crippen LogP) is 3.61. The molecule has 92 valence electrons. The van der Waals surface area contributed by atoms with E-state index in [-0.39, 0.29) is 0 Å². The Hall–Kier alpha value is -0.470. The first-order valence-corrected chi connectivity index (χ1v) is 7.89. The lowest BCUT2D eigenvalue weighted by molar-refractivity contribution is 0.432. The van der Waals surface area contributed by atoms with Crippen LogP contribution in [-0.2, 0) is 5.75 Å². The van der Waals surface area contributed by atoms with Gasteiger partial charge < -0.3 is 5.32 Å². The van der Waals surface area contributed by atoms with Crippen molar-refractivity contribution in [1.82, 2.24) is 5.32 Å². The Bertz CT molecular complexity index is 386. The first-order valence-electron chi connectivity index (χ1n) is 6.73. The van der Waals surface area contributed by atoms with E-state index >= 15 is 0 Å². The van der Waals surface area contributed by atoms with E-state index in [1.54, 1.807) is 0 Å². The molecule has 2 unspecified atom stereocenters. The second-order valence-electron chi connectivity index (χ2n) is 5.49. The van der Waals surface area contributed by atoms with Gasteiger partial charge >= 0.3 is 0 Å². The van der Waals surface area contributed by atoms with Crippen LogP contribution in [0.4, 0.5) is 0 Å². The first-order chi connectivity index (χ1) is 8.34. The van der Waals surface area contributed by atoms with E-state index < -0.39 is 0 Å². The van der Waals surface area contributed by atoms with Crippen molar-refractivity contribution >= 4 is 11.8 Å². The zero-order chi connectivity index (χ0) is 11.7. The number of hydrogen-bond acceptors (Lipinski definition) is 2. The van der Waals surface area contributed by atoms with Crippen molar-refractivity contribution in [2.45, 2.75) is 31.6 Å². The summed E-state index contributed by atoms with van der Waals surface area (Å²) in [6, 6.07) is 9.49. The zero-order valence-corrected chi connectivity index (χ0v) is 11.3. The van der Waals surface area contributed by atoms with Crippen molar-refractivity contribution in [2.24, 2.45) is 11.8 Å². The van der Waals surface area contributed by atoms with E-state index in [0.717, 1.165) is 11.8 Å². The summed E-state index contributed by atoms with van der Waals surface area (Å²) in [5, 5.41) is 3.78. The average molecular weight is 247 g/mol. The predicted molar refractivity (Wildman–Crippen MR) is 75.2 cm³/mol. The molecule has 0 radical (unpaired) electrons. The number of nitrogens with one attached hydrogen (secondary N) is 1. The molecule has 1 saturated carbocycles. The molecule has 1 nitrogen and oxygen atoms in total. The van der Waals surface area contributed by atoms with Gasteiger partial charge in [-0.3, -0.25) is 0 Å². The highest BCUT2D eigenvalue weighted by Crippen LogP contribution is 2.37. The zero-order valence-electron chi connectivity index (χ0n) is 10.5. The van der Waals surface area contributed by atoms with Gasteiger partial charge in [-0.2, -0.15) is 11.8 Å². The van der Waals surface area contributed by atoms with Gasteiger partial charge in [0.2, 0.25) is 0 Å². The standard InChI is InChI=1S/C15H21NS/c1-11(12-6-7-12)8-16-15-10-17-9-13-4-2-3-5-14(13)15/h2-5,11-12,15-16H,6-10H2,1H3. The first kappa shape index (κ1) is 11.6. The molecule has 0 spiro atoms. The number of hydrogen-bond donors (Lipinski definition) is 1. The highest BCUT2D eigenvalue weighted by molar-refractivity contribution is 7.98. The molecule has 1 fully saturated rings. The van der Waals surface area contributed by atoms with Crippen molar-refractivity contribution < 1.29 is 0 Å².